The van der Waals surface area contributed by atoms with Gasteiger partial charge in [-0.1, -0.05) is 0 Å². The van der Waals surface area contributed by atoms with Gasteiger partial charge in [0.05, 0.1) is 6.61 Å². The highest BCUT2D eigenvalue weighted by Crippen LogP contribution is 2.15. The number of aliphatic hydroxyl groups excluding tert-OH is 4. The molecule has 0 bridgehead atoms. The Bertz CT molecular complexity index is 179. The average molecular weight is 178 g/mol. The van der Waals surface area contributed by atoms with E-state index in [1.807, 2.05) is 0 Å². The van der Waals surface area contributed by atoms with E-state index in [0.717, 1.165) is 0 Å². The molecule has 6 heteroatoms. The molecule has 0 saturated carbocycles. The van der Waals surface area contributed by atoms with E-state index in [1.165, 1.54) is 0 Å². The molecule has 1 saturated heterocycles. The van der Waals surface area contributed by atoms with Gasteiger partial charge in [0, 0.05) is 0 Å². The summed E-state index contributed by atoms with van der Waals surface area (Å²) >= 11 is 0. The van der Waals surface area contributed by atoms with Crippen LogP contribution in [0.4, 0.5) is 0 Å². The molecule has 1 aliphatic rings. The topological polar surface area (TPSA) is 107 Å². The second-order valence-electron chi connectivity index (χ2n) is 2.58. The van der Waals surface area contributed by atoms with Gasteiger partial charge in [0.1, 0.15) is 12.2 Å². The van der Waals surface area contributed by atoms with Crippen LogP contribution in [0.2, 0.25) is 0 Å². The highest BCUT2D eigenvalue weighted by molar-refractivity contribution is 5.76. The number of ether oxygens (including phenoxy) is 1. The molecule has 12 heavy (non-hydrogen) atoms. The number of rotatable bonds is 1. The van der Waals surface area contributed by atoms with Crippen LogP contribution in [0.5, 0.6) is 0 Å². The summed E-state index contributed by atoms with van der Waals surface area (Å²) in [7, 11) is 0. The zero-order valence-corrected chi connectivity index (χ0v) is 6.12. The predicted molar refractivity (Wildman–Crippen MR) is 35.0 cm³/mol. The number of esters is 1. The summed E-state index contributed by atoms with van der Waals surface area (Å²) in [4.78, 5) is 10.7. The number of hydrogen-bond acceptors (Lipinski definition) is 6. The summed E-state index contributed by atoms with van der Waals surface area (Å²) in [6.45, 7) is -0.587. The molecular weight excluding hydrogens is 168 g/mol. The van der Waals surface area contributed by atoms with E-state index in [1.54, 1.807) is 0 Å². The lowest BCUT2D eigenvalue weighted by atomic mass is 10.0. The molecule has 6 nitrogen and oxygen atoms in total. The Morgan fingerprint density at radius 2 is 1.83 bits per heavy atom. The van der Waals surface area contributed by atoms with Crippen molar-refractivity contribution in [1.82, 2.24) is 0 Å². The Kier molecular flexibility index (Phi) is 2.63. The maximum atomic E-state index is 10.7. The molecule has 0 aromatic rings. The van der Waals surface area contributed by atoms with Gasteiger partial charge in [-0.25, -0.2) is 4.79 Å². The first-order valence-electron chi connectivity index (χ1n) is 3.43. The smallest absolute Gasteiger partial charge is 0.338 e. The minimum atomic E-state index is -1.73. The molecule has 0 aromatic heterocycles. The summed E-state index contributed by atoms with van der Waals surface area (Å²) in [5.74, 6) is -1.04. The van der Waals surface area contributed by atoms with Crippen LogP contribution in [0.1, 0.15) is 0 Å². The number of aliphatic hydroxyl groups is 4. The van der Waals surface area contributed by atoms with Gasteiger partial charge >= 0.3 is 5.97 Å². The van der Waals surface area contributed by atoms with Crippen LogP contribution in [0.3, 0.4) is 0 Å². The molecule has 0 aliphatic carbocycles. The Labute approximate surface area is 68.0 Å². The summed E-state index contributed by atoms with van der Waals surface area (Å²) < 4.78 is 4.38. The molecule has 0 aromatic carbocycles. The number of hydrogen-bond donors (Lipinski definition) is 4. The first-order chi connectivity index (χ1) is 5.57. The van der Waals surface area contributed by atoms with Gasteiger partial charge in [-0.2, -0.15) is 0 Å². The second kappa shape index (κ2) is 3.36. The standard InChI is InChI=1S/C6H10O6/c7-1-2-3(8)4(9)5(10)6(11)12-2/h2-5,7-10H,1H2/t2-,3?,4?,5+/m1/s1. The van der Waals surface area contributed by atoms with Crippen molar-refractivity contribution in [1.29, 1.82) is 0 Å². The Morgan fingerprint density at radius 3 is 2.33 bits per heavy atom. The summed E-state index contributed by atoms with van der Waals surface area (Å²) in [6.07, 6.45) is -5.93. The van der Waals surface area contributed by atoms with Crippen molar-refractivity contribution >= 4 is 5.97 Å². The van der Waals surface area contributed by atoms with Crippen molar-refractivity contribution < 1.29 is 30.0 Å². The predicted octanol–water partition coefficient (Wildman–Crippen LogP) is -3.01. The third kappa shape index (κ3) is 1.42. The fourth-order valence-electron chi connectivity index (χ4n) is 0.980. The van der Waals surface area contributed by atoms with Crippen molar-refractivity contribution in [3.63, 3.8) is 0 Å². The SMILES string of the molecule is O=C1O[C@H](CO)C(O)C(O)[C@@H]1O. The molecule has 1 fully saturated rings. The van der Waals surface area contributed by atoms with Crippen molar-refractivity contribution in [3.05, 3.63) is 0 Å². The molecule has 4 N–H and O–H groups in total. The van der Waals surface area contributed by atoms with Crippen molar-refractivity contribution in [3.8, 4) is 0 Å². The van der Waals surface area contributed by atoms with E-state index < -0.39 is 37.0 Å². The van der Waals surface area contributed by atoms with Gasteiger partial charge in [-0.15, -0.1) is 0 Å². The Morgan fingerprint density at radius 1 is 1.25 bits per heavy atom. The van der Waals surface area contributed by atoms with Crippen molar-refractivity contribution in [2.45, 2.75) is 24.4 Å². The zero-order chi connectivity index (χ0) is 9.30. The molecule has 2 unspecified atom stereocenters. The van der Waals surface area contributed by atoms with Crippen LogP contribution in [-0.2, 0) is 9.53 Å². The maximum Gasteiger partial charge on any atom is 0.338 e. The molecule has 1 heterocycles. The van der Waals surface area contributed by atoms with Crippen molar-refractivity contribution in [2.24, 2.45) is 0 Å². The van der Waals surface area contributed by atoms with Crippen LogP contribution in [-0.4, -0.2) is 57.4 Å². The summed E-state index contributed by atoms with van der Waals surface area (Å²) in [5.41, 5.74) is 0. The van der Waals surface area contributed by atoms with Gasteiger partial charge < -0.3 is 25.2 Å². The highest BCUT2D eigenvalue weighted by Gasteiger charge is 2.43. The molecule has 1 rings (SSSR count). The molecule has 0 radical (unpaired) electrons. The third-order valence-electron chi connectivity index (χ3n) is 1.74. The quantitative estimate of drug-likeness (QED) is 0.318. The summed E-state index contributed by atoms with van der Waals surface area (Å²) in [6, 6.07) is 0. The molecule has 70 valence electrons. The fourth-order valence-corrected chi connectivity index (χ4v) is 0.980. The second-order valence-corrected chi connectivity index (χ2v) is 2.58. The number of cyclic esters (lactones) is 1. The van der Waals surface area contributed by atoms with E-state index >= 15 is 0 Å². The zero-order valence-electron chi connectivity index (χ0n) is 6.12. The van der Waals surface area contributed by atoms with Crippen molar-refractivity contribution in [2.75, 3.05) is 6.61 Å². The van der Waals surface area contributed by atoms with Gasteiger partial charge in [0.15, 0.2) is 12.2 Å². The fraction of sp³-hybridized carbons (Fsp3) is 0.833. The maximum absolute atomic E-state index is 10.7. The average Bonchev–Trinajstić information content (AvgIpc) is 2.08. The lowest BCUT2D eigenvalue weighted by molar-refractivity contribution is -0.206. The van der Waals surface area contributed by atoms with Crippen LogP contribution >= 0.6 is 0 Å². The Balaban J connectivity index is 2.70. The normalized spacial score (nSPS) is 42.5. The van der Waals surface area contributed by atoms with E-state index in [0.29, 0.717) is 0 Å². The van der Waals surface area contributed by atoms with E-state index in [2.05, 4.69) is 4.74 Å². The largest absolute Gasteiger partial charge is 0.455 e. The van der Waals surface area contributed by atoms with Crippen LogP contribution in [0.15, 0.2) is 0 Å². The highest BCUT2D eigenvalue weighted by atomic mass is 16.6. The molecular formula is C6H10O6. The van der Waals surface area contributed by atoms with E-state index in [4.69, 9.17) is 20.4 Å². The van der Waals surface area contributed by atoms with Gasteiger partial charge in [0.25, 0.3) is 0 Å². The third-order valence-corrected chi connectivity index (χ3v) is 1.74. The lowest BCUT2D eigenvalue weighted by Gasteiger charge is -2.32. The van der Waals surface area contributed by atoms with Crippen LogP contribution in [0, 0.1) is 0 Å². The minimum Gasteiger partial charge on any atom is -0.455 e. The van der Waals surface area contributed by atoms with Gasteiger partial charge in [-0.3, -0.25) is 0 Å². The van der Waals surface area contributed by atoms with Gasteiger partial charge in [0.2, 0.25) is 0 Å². The molecule has 0 spiro atoms. The van der Waals surface area contributed by atoms with E-state index in [-0.39, 0.29) is 0 Å². The number of carbonyl (C=O) groups is 1. The first kappa shape index (κ1) is 9.40. The Hall–Kier alpha value is -0.690. The first-order valence-corrected chi connectivity index (χ1v) is 3.43. The van der Waals surface area contributed by atoms with Crippen LogP contribution < -0.4 is 0 Å². The number of carbonyl (C=O) groups excluding carboxylic acids is 1. The molecule has 1 aliphatic heterocycles. The van der Waals surface area contributed by atoms with Gasteiger partial charge in [-0.05, 0) is 0 Å². The summed E-state index contributed by atoms with van der Waals surface area (Å²) in [5, 5.41) is 35.5. The minimum absolute atomic E-state index is 0.587. The monoisotopic (exact) mass is 178 g/mol. The lowest BCUT2D eigenvalue weighted by Crippen LogP contribution is -2.56. The van der Waals surface area contributed by atoms with E-state index in [9.17, 15) is 4.79 Å². The van der Waals surface area contributed by atoms with Crippen LogP contribution in [0.25, 0.3) is 0 Å². The molecule has 0 amide bonds. The molecule has 4 atom stereocenters.